The van der Waals surface area contributed by atoms with Crippen LogP contribution in [0.5, 0.6) is 17.4 Å². The summed E-state index contributed by atoms with van der Waals surface area (Å²) >= 11 is 0. The molecule has 2 aromatic heterocycles. The van der Waals surface area contributed by atoms with Crippen LogP contribution in [-0.2, 0) is 11.3 Å². The standard InChI is InChI=1S/C23H23N5O4/c1-15(2)16-7-9-17(10-8-16)25-20(29)14-28-23(30)27-12-11-24-22(21(27)26-28)32-19-6-4-5-18(13-19)31-3/h4-13,15H,14H2,1-3H3,(H,25,29). The van der Waals surface area contributed by atoms with Crippen molar-refractivity contribution in [2.24, 2.45) is 0 Å². The molecule has 0 aliphatic carbocycles. The zero-order valence-corrected chi connectivity index (χ0v) is 18.0. The van der Waals surface area contributed by atoms with Crippen molar-refractivity contribution in [3.05, 3.63) is 77.0 Å². The normalized spacial score (nSPS) is 11.0. The van der Waals surface area contributed by atoms with Crippen molar-refractivity contribution in [3.8, 4) is 17.4 Å². The molecule has 32 heavy (non-hydrogen) atoms. The Morgan fingerprint density at radius 1 is 1.12 bits per heavy atom. The van der Waals surface area contributed by atoms with E-state index in [0.717, 1.165) is 4.68 Å². The summed E-state index contributed by atoms with van der Waals surface area (Å²) in [5, 5.41) is 7.04. The molecule has 0 spiro atoms. The largest absolute Gasteiger partial charge is 0.497 e. The lowest BCUT2D eigenvalue weighted by molar-refractivity contribution is -0.117. The number of amides is 1. The summed E-state index contributed by atoms with van der Waals surface area (Å²) in [6.07, 6.45) is 2.91. The highest BCUT2D eigenvalue weighted by molar-refractivity contribution is 5.90. The van der Waals surface area contributed by atoms with E-state index < -0.39 is 5.69 Å². The van der Waals surface area contributed by atoms with Gasteiger partial charge in [-0.15, -0.1) is 5.10 Å². The number of carbonyl (C=O) groups excluding carboxylic acids is 1. The van der Waals surface area contributed by atoms with E-state index in [9.17, 15) is 9.59 Å². The second-order valence-electron chi connectivity index (χ2n) is 7.47. The van der Waals surface area contributed by atoms with Crippen molar-refractivity contribution in [3.63, 3.8) is 0 Å². The molecule has 1 amide bonds. The van der Waals surface area contributed by atoms with Gasteiger partial charge in [0, 0.05) is 24.1 Å². The number of hydrogen-bond acceptors (Lipinski definition) is 6. The summed E-state index contributed by atoms with van der Waals surface area (Å²) < 4.78 is 13.4. The molecule has 1 N–H and O–H groups in total. The number of ether oxygens (including phenoxy) is 2. The molecule has 0 aliphatic heterocycles. The summed E-state index contributed by atoms with van der Waals surface area (Å²) in [6, 6.07) is 14.6. The van der Waals surface area contributed by atoms with Gasteiger partial charge in [0.25, 0.3) is 5.88 Å². The van der Waals surface area contributed by atoms with E-state index in [1.165, 1.54) is 22.4 Å². The quantitative estimate of drug-likeness (QED) is 0.479. The molecular weight excluding hydrogens is 410 g/mol. The fraction of sp³-hybridized carbons (Fsp3) is 0.217. The van der Waals surface area contributed by atoms with Gasteiger partial charge in [-0.3, -0.25) is 4.79 Å². The number of nitrogens with one attached hydrogen (secondary N) is 1. The first-order chi connectivity index (χ1) is 15.4. The van der Waals surface area contributed by atoms with Crippen LogP contribution in [0.2, 0.25) is 0 Å². The minimum absolute atomic E-state index is 0.140. The van der Waals surface area contributed by atoms with E-state index in [-0.39, 0.29) is 24.0 Å². The molecule has 0 radical (unpaired) electrons. The van der Waals surface area contributed by atoms with Crippen LogP contribution < -0.4 is 20.5 Å². The predicted octanol–water partition coefficient (Wildman–Crippen LogP) is 3.45. The Bertz CT molecular complexity index is 1310. The number of hydrogen-bond donors (Lipinski definition) is 1. The van der Waals surface area contributed by atoms with E-state index in [4.69, 9.17) is 9.47 Å². The first kappa shape index (κ1) is 21.1. The van der Waals surface area contributed by atoms with Crippen LogP contribution in [0.25, 0.3) is 5.65 Å². The Hall–Kier alpha value is -4.14. The van der Waals surface area contributed by atoms with Crippen LogP contribution in [0.3, 0.4) is 0 Å². The van der Waals surface area contributed by atoms with Crippen LogP contribution >= 0.6 is 0 Å². The number of aromatic nitrogens is 4. The first-order valence-corrected chi connectivity index (χ1v) is 10.1. The Labute approximate surface area is 184 Å². The van der Waals surface area contributed by atoms with E-state index in [0.29, 0.717) is 23.1 Å². The number of methoxy groups -OCH3 is 1. The number of benzene rings is 2. The molecule has 2 heterocycles. The number of nitrogens with zero attached hydrogens (tertiary/aromatic N) is 4. The summed E-state index contributed by atoms with van der Waals surface area (Å²) in [7, 11) is 1.56. The molecule has 0 unspecified atom stereocenters. The first-order valence-electron chi connectivity index (χ1n) is 10.1. The van der Waals surface area contributed by atoms with Crippen LogP contribution in [0.4, 0.5) is 5.69 Å². The number of carbonyl (C=O) groups is 1. The van der Waals surface area contributed by atoms with Gasteiger partial charge in [0.05, 0.1) is 7.11 Å². The van der Waals surface area contributed by atoms with Crippen molar-refractivity contribution in [1.82, 2.24) is 19.2 Å². The van der Waals surface area contributed by atoms with Crippen molar-refractivity contribution in [2.45, 2.75) is 26.3 Å². The minimum atomic E-state index is -0.469. The molecule has 9 nitrogen and oxygen atoms in total. The molecule has 0 saturated carbocycles. The third kappa shape index (κ3) is 4.46. The Balaban J connectivity index is 1.54. The van der Waals surface area contributed by atoms with E-state index in [2.05, 4.69) is 29.2 Å². The van der Waals surface area contributed by atoms with Crippen LogP contribution in [0, 0.1) is 0 Å². The molecule has 2 aromatic carbocycles. The maximum absolute atomic E-state index is 12.7. The van der Waals surface area contributed by atoms with Crippen LogP contribution in [0.1, 0.15) is 25.3 Å². The molecular formula is C23H23N5O4. The van der Waals surface area contributed by atoms with Gasteiger partial charge in [-0.05, 0) is 35.7 Å². The van der Waals surface area contributed by atoms with Crippen molar-refractivity contribution < 1.29 is 14.3 Å². The van der Waals surface area contributed by atoms with Crippen molar-refractivity contribution >= 4 is 17.2 Å². The topological polar surface area (TPSA) is 99.8 Å². The van der Waals surface area contributed by atoms with E-state index in [1.54, 1.807) is 31.4 Å². The molecule has 4 aromatic rings. The van der Waals surface area contributed by atoms with Crippen molar-refractivity contribution in [2.75, 3.05) is 12.4 Å². The lowest BCUT2D eigenvalue weighted by Crippen LogP contribution is -2.28. The highest BCUT2D eigenvalue weighted by Gasteiger charge is 2.16. The zero-order valence-electron chi connectivity index (χ0n) is 18.0. The second kappa shape index (κ2) is 8.93. The Morgan fingerprint density at radius 3 is 2.59 bits per heavy atom. The van der Waals surface area contributed by atoms with E-state index in [1.807, 2.05) is 24.3 Å². The average molecular weight is 433 g/mol. The third-order valence-corrected chi connectivity index (χ3v) is 4.88. The summed E-state index contributed by atoms with van der Waals surface area (Å²) in [4.78, 5) is 29.4. The lowest BCUT2D eigenvalue weighted by Gasteiger charge is -2.08. The zero-order chi connectivity index (χ0) is 22.7. The molecule has 0 bridgehead atoms. The highest BCUT2D eigenvalue weighted by atomic mass is 16.5. The molecule has 0 fully saturated rings. The second-order valence-corrected chi connectivity index (χ2v) is 7.47. The van der Waals surface area contributed by atoms with Gasteiger partial charge >= 0.3 is 5.69 Å². The Morgan fingerprint density at radius 2 is 1.88 bits per heavy atom. The summed E-state index contributed by atoms with van der Waals surface area (Å²) in [6.45, 7) is 3.96. The van der Waals surface area contributed by atoms with Gasteiger partial charge in [-0.1, -0.05) is 32.0 Å². The average Bonchev–Trinajstić information content (AvgIpc) is 3.10. The lowest BCUT2D eigenvalue weighted by atomic mass is 10.0. The summed E-state index contributed by atoms with van der Waals surface area (Å²) in [5.41, 5.74) is 1.56. The molecule has 9 heteroatoms. The van der Waals surface area contributed by atoms with Gasteiger partial charge in [0.15, 0.2) is 0 Å². The van der Waals surface area contributed by atoms with Gasteiger partial charge < -0.3 is 14.8 Å². The molecule has 0 atom stereocenters. The fourth-order valence-electron chi connectivity index (χ4n) is 3.17. The number of rotatable bonds is 7. The monoisotopic (exact) mass is 433 g/mol. The maximum atomic E-state index is 12.7. The van der Waals surface area contributed by atoms with Crippen LogP contribution in [-0.4, -0.2) is 32.2 Å². The van der Waals surface area contributed by atoms with Gasteiger partial charge in [-0.25, -0.2) is 18.9 Å². The molecule has 164 valence electrons. The van der Waals surface area contributed by atoms with Gasteiger partial charge in [-0.2, -0.15) is 0 Å². The minimum Gasteiger partial charge on any atom is -0.497 e. The summed E-state index contributed by atoms with van der Waals surface area (Å²) in [5.74, 6) is 1.28. The molecule has 4 rings (SSSR count). The van der Waals surface area contributed by atoms with Crippen LogP contribution in [0.15, 0.2) is 65.7 Å². The number of fused-ring (bicyclic) bond motifs is 1. The van der Waals surface area contributed by atoms with E-state index >= 15 is 0 Å². The number of anilines is 1. The van der Waals surface area contributed by atoms with Gasteiger partial charge in [0.2, 0.25) is 11.6 Å². The third-order valence-electron chi connectivity index (χ3n) is 4.88. The smallest absolute Gasteiger partial charge is 0.351 e. The fourth-order valence-corrected chi connectivity index (χ4v) is 3.17. The SMILES string of the molecule is COc1cccc(Oc2nccn3c(=O)n(CC(=O)Nc4ccc(C(C)C)cc4)nc23)c1. The van der Waals surface area contributed by atoms with Gasteiger partial charge in [0.1, 0.15) is 18.0 Å². The Kier molecular flexibility index (Phi) is 5.89. The molecule has 0 aliphatic rings. The molecule has 0 saturated heterocycles. The highest BCUT2D eigenvalue weighted by Crippen LogP contribution is 2.25. The van der Waals surface area contributed by atoms with Crippen molar-refractivity contribution in [1.29, 1.82) is 0 Å². The maximum Gasteiger partial charge on any atom is 0.351 e. The predicted molar refractivity (Wildman–Crippen MR) is 119 cm³/mol.